The van der Waals surface area contributed by atoms with Gasteiger partial charge >= 0.3 is 6.09 Å². The number of benzene rings is 1. The number of aryl methyl sites for hydroxylation is 1. The van der Waals surface area contributed by atoms with E-state index in [1.54, 1.807) is 23.0 Å². The van der Waals surface area contributed by atoms with Crippen molar-refractivity contribution in [1.82, 2.24) is 25.0 Å². The van der Waals surface area contributed by atoms with Gasteiger partial charge in [0.2, 0.25) is 5.91 Å². The van der Waals surface area contributed by atoms with Crippen LogP contribution in [0.15, 0.2) is 36.7 Å². The Morgan fingerprint density at radius 2 is 1.97 bits per heavy atom. The standard InChI is InChI=1S/C21H29N5O3/c1-21(2,3)29-20(28)26-12-8-11-16(15-9-6-5-7-10-15)18(26)19(27)22-13-17-23-14-25(4)24-17/h5-7,9-10,14,16,18H,8,11-13H2,1-4H3,(H,22,27). The zero-order chi connectivity index (χ0) is 21.0. The lowest BCUT2D eigenvalue weighted by atomic mass is 9.83. The molecule has 156 valence electrons. The molecule has 2 amide bonds. The molecule has 1 aromatic carbocycles. The Balaban J connectivity index is 1.84. The van der Waals surface area contributed by atoms with Gasteiger partial charge in [-0.2, -0.15) is 5.10 Å². The van der Waals surface area contributed by atoms with Gasteiger partial charge in [-0.25, -0.2) is 9.78 Å². The highest BCUT2D eigenvalue weighted by atomic mass is 16.6. The van der Waals surface area contributed by atoms with Crippen LogP contribution in [-0.2, 0) is 23.1 Å². The summed E-state index contributed by atoms with van der Waals surface area (Å²) >= 11 is 0. The molecule has 1 aliphatic heterocycles. The van der Waals surface area contributed by atoms with Crippen molar-refractivity contribution in [2.45, 2.75) is 57.7 Å². The molecule has 2 aromatic rings. The van der Waals surface area contributed by atoms with Crippen molar-refractivity contribution in [2.75, 3.05) is 6.54 Å². The maximum atomic E-state index is 13.2. The van der Waals surface area contributed by atoms with E-state index >= 15 is 0 Å². The second-order valence-corrected chi connectivity index (χ2v) is 8.33. The van der Waals surface area contributed by atoms with Crippen LogP contribution in [0.3, 0.4) is 0 Å². The molecule has 0 radical (unpaired) electrons. The highest BCUT2D eigenvalue weighted by Crippen LogP contribution is 2.33. The van der Waals surface area contributed by atoms with Gasteiger partial charge in [-0.15, -0.1) is 0 Å². The molecule has 2 heterocycles. The molecule has 0 saturated carbocycles. The minimum Gasteiger partial charge on any atom is -0.444 e. The Kier molecular flexibility index (Phi) is 6.20. The molecule has 29 heavy (non-hydrogen) atoms. The van der Waals surface area contributed by atoms with Crippen LogP contribution in [0.4, 0.5) is 4.79 Å². The third kappa shape index (κ3) is 5.34. The van der Waals surface area contributed by atoms with E-state index in [9.17, 15) is 9.59 Å². The predicted octanol–water partition coefficient (Wildman–Crippen LogP) is 2.61. The third-order valence-corrected chi connectivity index (χ3v) is 4.82. The van der Waals surface area contributed by atoms with Gasteiger partial charge in [-0.3, -0.25) is 14.4 Å². The normalized spacial score (nSPS) is 19.7. The van der Waals surface area contributed by atoms with Gasteiger partial charge in [0.05, 0.1) is 6.54 Å². The molecule has 1 aromatic heterocycles. The molecule has 3 rings (SSSR count). The zero-order valence-electron chi connectivity index (χ0n) is 17.5. The van der Waals surface area contributed by atoms with Crippen LogP contribution in [0.5, 0.6) is 0 Å². The molecule has 0 aliphatic carbocycles. The SMILES string of the molecule is Cn1cnc(CNC(=O)C2C(c3ccccc3)CCCN2C(=O)OC(C)(C)C)n1. The largest absolute Gasteiger partial charge is 0.444 e. The molecular formula is C21H29N5O3. The lowest BCUT2D eigenvalue weighted by Gasteiger charge is -2.40. The lowest BCUT2D eigenvalue weighted by molar-refractivity contribution is -0.128. The number of aromatic nitrogens is 3. The van der Waals surface area contributed by atoms with Crippen molar-refractivity contribution < 1.29 is 14.3 Å². The number of rotatable bonds is 4. The summed E-state index contributed by atoms with van der Waals surface area (Å²) in [7, 11) is 1.77. The van der Waals surface area contributed by atoms with Crippen molar-refractivity contribution in [3.05, 3.63) is 48.0 Å². The Morgan fingerprint density at radius 3 is 2.59 bits per heavy atom. The first-order chi connectivity index (χ1) is 13.7. The van der Waals surface area contributed by atoms with Crippen molar-refractivity contribution >= 4 is 12.0 Å². The fourth-order valence-corrected chi connectivity index (χ4v) is 3.63. The molecule has 8 nitrogen and oxygen atoms in total. The fourth-order valence-electron chi connectivity index (χ4n) is 3.63. The van der Waals surface area contributed by atoms with Crippen LogP contribution < -0.4 is 5.32 Å². The molecular weight excluding hydrogens is 370 g/mol. The number of nitrogens with zero attached hydrogens (tertiary/aromatic N) is 4. The Bertz CT molecular complexity index is 844. The van der Waals surface area contributed by atoms with Gasteiger partial charge in [0.1, 0.15) is 18.0 Å². The smallest absolute Gasteiger partial charge is 0.410 e. The van der Waals surface area contributed by atoms with Crippen LogP contribution in [0.2, 0.25) is 0 Å². The van der Waals surface area contributed by atoms with Gasteiger partial charge in [-0.05, 0) is 39.2 Å². The average molecular weight is 399 g/mol. The van der Waals surface area contributed by atoms with Gasteiger partial charge in [0.15, 0.2) is 5.82 Å². The van der Waals surface area contributed by atoms with Crippen LogP contribution in [0, 0.1) is 0 Å². The number of ether oxygens (including phenoxy) is 1. The monoisotopic (exact) mass is 399 g/mol. The van der Waals surface area contributed by atoms with Gasteiger partial charge in [0, 0.05) is 19.5 Å². The first-order valence-corrected chi connectivity index (χ1v) is 9.91. The summed E-state index contributed by atoms with van der Waals surface area (Å²) in [6, 6.07) is 9.21. The Morgan fingerprint density at radius 1 is 1.24 bits per heavy atom. The maximum absolute atomic E-state index is 13.2. The number of hydrogen-bond donors (Lipinski definition) is 1. The molecule has 2 atom stereocenters. The molecule has 2 unspecified atom stereocenters. The average Bonchev–Trinajstić information content (AvgIpc) is 3.10. The van der Waals surface area contributed by atoms with E-state index in [0.717, 1.165) is 18.4 Å². The van der Waals surface area contributed by atoms with E-state index in [-0.39, 0.29) is 18.4 Å². The van der Waals surface area contributed by atoms with Crippen molar-refractivity contribution in [3.63, 3.8) is 0 Å². The van der Waals surface area contributed by atoms with E-state index in [2.05, 4.69) is 15.4 Å². The summed E-state index contributed by atoms with van der Waals surface area (Å²) < 4.78 is 7.17. The van der Waals surface area contributed by atoms with Gasteiger partial charge < -0.3 is 10.1 Å². The summed E-state index contributed by atoms with van der Waals surface area (Å²) in [5.41, 5.74) is 0.409. The number of amides is 2. The lowest BCUT2D eigenvalue weighted by Crippen LogP contribution is -2.56. The molecule has 0 spiro atoms. The molecule has 8 heteroatoms. The van der Waals surface area contributed by atoms with Gasteiger partial charge in [0.25, 0.3) is 0 Å². The summed E-state index contributed by atoms with van der Waals surface area (Å²) in [5.74, 6) is 0.197. The first kappa shape index (κ1) is 20.8. The van der Waals surface area contributed by atoms with E-state index < -0.39 is 17.7 Å². The quantitative estimate of drug-likeness (QED) is 0.854. The number of carbonyl (C=O) groups is 2. The number of piperidine rings is 1. The van der Waals surface area contributed by atoms with E-state index in [0.29, 0.717) is 12.4 Å². The minimum absolute atomic E-state index is 0.103. The molecule has 1 aliphatic rings. The topological polar surface area (TPSA) is 89.4 Å². The van der Waals surface area contributed by atoms with E-state index in [4.69, 9.17) is 4.74 Å². The van der Waals surface area contributed by atoms with Crippen molar-refractivity contribution in [2.24, 2.45) is 7.05 Å². The van der Waals surface area contributed by atoms with Crippen LogP contribution in [0.25, 0.3) is 0 Å². The van der Waals surface area contributed by atoms with Crippen LogP contribution in [-0.4, -0.2) is 49.9 Å². The predicted molar refractivity (Wildman–Crippen MR) is 108 cm³/mol. The van der Waals surface area contributed by atoms with Crippen LogP contribution in [0.1, 0.15) is 50.9 Å². The zero-order valence-corrected chi connectivity index (χ0v) is 17.5. The van der Waals surface area contributed by atoms with Crippen molar-refractivity contribution in [3.8, 4) is 0 Å². The van der Waals surface area contributed by atoms with Crippen LogP contribution >= 0.6 is 0 Å². The molecule has 1 saturated heterocycles. The first-order valence-electron chi connectivity index (χ1n) is 9.91. The number of nitrogens with one attached hydrogen (secondary N) is 1. The van der Waals surface area contributed by atoms with Gasteiger partial charge in [-0.1, -0.05) is 30.3 Å². The van der Waals surface area contributed by atoms with Crippen molar-refractivity contribution in [1.29, 1.82) is 0 Å². The number of carbonyl (C=O) groups excluding carboxylic acids is 2. The highest BCUT2D eigenvalue weighted by Gasteiger charge is 2.41. The van der Waals surface area contributed by atoms with E-state index in [1.165, 1.54) is 0 Å². The highest BCUT2D eigenvalue weighted by molar-refractivity contribution is 5.87. The molecule has 1 N–H and O–H groups in total. The summed E-state index contributed by atoms with van der Waals surface area (Å²) in [6.07, 6.45) is 2.75. The Hall–Kier alpha value is -2.90. The molecule has 1 fully saturated rings. The third-order valence-electron chi connectivity index (χ3n) is 4.82. The number of hydrogen-bond acceptors (Lipinski definition) is 5. The second-order valence-electron chi connectivity index (χ2n) is 8.33. The minimum atomic E-state index is -0.648. The van der Waals surface area contributed by atoms with E-state index in [1.807, 2.05) is 51.1 Å². The summed E-state index contributed by atoms with van der Waals surface area (Å²) in [4.78, 5) is 31.8. The summed E-state index contributed by atoms with van der Waals surface area (Å²) in [6.45, 7) is 6.17. The maximum Gasteiger partial charge on any atom is 0.410 e. The Labute approximate surface area is 171 Å². The fraction of sp³-hybridized carbons (Fsp3) is 0.524. The second kappa shape index (κ2) is 8.63. The summed E-state index contributed by atoms with van der Waals surface area (Å²) in [5, 5.41) is 7.10. The number of likely N-dealkylation sites (tertiary alicyclic amines) is 1. The molecule has 0 bridgehead atoms.